The summed E-state index contributed by atoms with van der Waals surface area (Å²) in [6, 6.07) is 0. The molecule has 0 aromatic rings. The Labute approximate surface area is 88.1 Å². The van der Waals surface area contributed by atoms with Crippen molar-refractivity contribution in [2.24, 2.45) is 0 Å². The van der Waals surface area contributed by atoms with Gasteiger partial charge in [-0.1, -0.05) is 26.7 Å². The Kier molecular flexibility index (Phi) is 8.86. The molecule has 1 amide bonds. The Morgan fingerprint density at radius 2 is 1.64 bits per heavy atom. The molecule has 0 aromatic carbocycles. The molecule has 0 radical (unpaired) electrons. The highest BCUT2D eigenvalue weighted by molar-refractivity contribution is 7.25. The van der Waals surface area contributed by atoms with Gasteiger partial charge in [0.2, 0.25) is 5.91 Å². The molecule has 0 spiro atoms. The third kappa shape index (κ3) is 6.09. The van der Waals surface area contributed by atoms with Crippen molar-refractivity contribution in [2.45, 2.75) is 39.5 Å². The zero-order valence-electron chi connectivity index (χ0n) is 9.16. The van der Waals surface area contributed by atoms with Gasteiger partial charge in [-0.25, -0.2) is 0 Å². The lowest BCUT2D eigenvalue weighted by molar-refractivity contribution is -0.128. The van der Waals surface area contributed by atoms with Crippen molar-refractivity contribution in [3.8, 4) is 0 Å². The third-order valence-corrected chi connectivity index (χ3v) is 2.52. The van der Waals surface area contributed by atoms with Gasteiger partial charge in [-0.05, 0) is 12.8 Å². The van der Waals surface area contributed by atoms with Crippen LogP contribution < -0.4 is 0 Å². The number of carbonyl (C=O) groups is 1. The molecule has 0 aliphatic heterocycles. The van der Waals surface area contributed by atoms with Crippen LogP contribution in [0.5, 0.6) is 0 Å². The van der Waals surface area contributed by atoms with Crippen LogP contribution in [-0.4, -0.2) is 30.1 Å². The van der Waals surface area contributed by atoms with E-state index >= 15 is 0 Å². The van der Waals surface area contributed by atoms with E-state index in [1.54, 1.807) is 0 Å². The van der Waals surface area contributed by atoms with E-state index in [4.69, 9.17) is 0 Å². The highest BCUT2D eigenvalue weighted by atomic mass is 31.1. The van der Waals surface area contributed by atoms with E-state index in [-0.39, 0.29) is 20.5 Å². The van der Waals surface area contributed by atoms with Gasteiger partial charge < -0.3 is 4.90 Å². The summed E-state index contributed by atoms with van der Waals surface area (Å²) in [7, 11) is -0.0682. The molecule has 14 heavy (non-hydrogen) atoms. The molecular weight excluding hydrogens is 197 g/mol. The highest BCUT2D eigenvalue weighted by Crippen LogP contribution is 2.03. The van der Waals surface area contributed by atoms with Gasteiger partial charge in [-0.3, -0.25) is 9.36 Å². The van der Waals surface area contributed by atoms with Crippen molar-refractivity contribution in [3.63, 3.8) is 0 Å². The molecule has 0 aliphatic carbocycles. The maximum Gasteiger partial charge on any atom is 0.234 e. The smallest absolute Gasteiger partial charge is 0.234 e. The van der Waals surface area contributed by atoms with Crippen LogP contribution in [0.25, 0.3) is 0 Å². The van der Waals surface area contributed by atoms with Crippen molar-refractivity contribution >= 4 is 14.4 Å². The van der Waals surface area contributed by atoms with Crippen LogP contribution >= 0.6 is 8.46 Å². The largest absolute Gasteiger partial charge is 0.342 e. The fourth-order valence-electron chi connectivity index (χ4n) is 1.21. The second kappa shape index (κ2) is 9.14. The first-order valence-electron chi connectivity index (χ1n) is 5.33. The van der Waals surface area contributed by atoms with Gasteiger partial charge >= 0.3 is 0 Å². The maximum absolute atomic E-state index is 11.5. The van der Waals surface area contributed by atoms with Gasteiger partial charge in [0.05, 0.1) is 0 Å². The van der Waals surface area contributed by atoms with Crippen LogP contribution in [-0.2, 0) is 9.36 Å². The first-order chi connectivity index (χ1) is 6.76. The summed E-state index contributed by atoms with van der Waals surface area (Å²) in [5, 5.41) is 0. The van der Waals surface area contributed by atoms with E-state index in [1.807, 2.05) is 4.90 Å². The van der Waals surface area contributed by atoms with E-state index < -0.39 is 0 Å². The molecule has 0 fully saturated rings. The molecule has 0 aromatic heterocycles. The Bertz CT molecular complexity index is 166. The summed E-state index contributed by atoms with van der Waals surface area (Å²) < 4.78 is 10.3. The van der Waals surface area contributed by atoms with Crippen molar-refractivity contribution < 1.29 is 9.36 Å². The number of amides is 1. The normalized spacial score (nSPS) is 10.4. The number of carbonyl (C=O) groups excluding carboxylic acids is 1. The van der Waals surface area contributed by atoms with Gasteiger partial charge in [0.15, 0.2) is 8.46 Å². The molecule has 0 atom stereocenters. The highest BCUT2D eigenvalue weighted by Gasteiger charge is 2.11. The average molecular weight is 217 g/mol. The summed E-state index contributed by atoms with van der Waals surface area (Å²) in [6.45, 7) is 5.83. The molecule has 0 bridgehead atoms. The van der Waals surface area contributed by atoms with Crippen molar-refractivity contribution in [2.75, 3.05) is 19.3 Å². The van der Waals surface area contributed by atoms with Crippen LogP contribution in [0.1, 0.15) is 39.5 Å². The minimum Gasteiger partial charge on any atom is -0.342 e. The second-order valence-corrected chi connectivity index (χ2v) is 3.95. The molecule has 0 saturated heterocycles. The summed E-state index contributed by atoms with van der Waals surface area (Å²) in [6.07, 6.45) is 4.37. The van der Waals surface area contributed by atoms with Gasteiger partial charge in [-0.2, -0.15) is 0 Å². The summed E-state index contributed by atoms with van der Waals surface area (Å²) in [5.41, 5.74) is 0. The summed E-state index contributed by atoms with van der Waals surface area (Å²) in [4.78, 5) is 13.3. The minimum atomic E-state index is -0.0682. The van der Waals surface area contributed by atoms with Crippen LogP contribution in [0.3, 0.4) is 0 Å². The fraction of sp³-hybridized carbons (Fsp3) is 0.900. The number of hydrogen-bond donors (Lipinski definition) is 0. The average Bonchev–Trinajstić information content (AvgIpc) is 2.18. The van der Waals surface area contributed by atoms with Crippen molar-refractivity contribution in [1.29, 1.82) is 0 Å². The summed E-state index contributed by atoms with van der Waals surface area (Å²) in [5.74, 6) is 0.0172. The molecule has 0 aliphatic rings. The van der Waals surface area contributed by atoms with E-state index in [0.29, 0.717) is 0 Å². The molecule has 4 heteroatoms. The lowest BCUT2D eigenvalue weighted by atomic mass is 10.2. The van der Waals surface area contributed by atoms with E-state index in [1.165, 1.54) is 0 Å². The minimum absolute atomic E-state index is 0.0172. The lowest BCUT2D eigenvalue weighted by Crippen LogP contribution is -2.33. The Morgan fingerprint density at radius 1 is 1.14 bits per heavy atom. The lowest BCUT2D eigenvalue weighted by Gasteiger charge is -2.21. The van der Waals surface area contributed by atoms with Crippen LogP contribution in [0.15, 0.2) is 0 Å². The molecule has 3 nitrogen and oxygen atoms in total. The maximum atomic E-state index is 11.5. The SMILES string of the molecule is CCCCN(CCCC)C(=O)CP=O. The van der Waals surface area contributed by atoms with Crippen molar-refractivity contribution in [3.05, 3.63) is 0 Å². The van der Waals surface area contributed by atoms with Crippen LogP contribution in [0, 0.1) is 0 Å². The number of hydrogen-bond acceptors (Lipinski definition) is 2. The van der Waals surface area contributed by atoms with Crippen LogP contribution in [0.2, 0.25) is 0 Å². The predicted octanol–water partition coefficient (Wildman–Crippen LogP) is 2.71. The zero-order chi connectivity index (χ0) is 10.8. The Balaban J connectivity index is 3.93. The van der Waals surface area contributed by atoms with E-state index in [9.17, 15) is 9.36 Å². The molecule has 0 saturated carbocycles. The zero-order valence-corrected chi connectivity index (χ0v) is 10.1. The van der Waals surface area contributed by atoms with Gasteiger partial charge in [0, 0.05) is 13.1 Å². The molecule has 0 rings (SSSR count). The summed E-state index contributed by atoms with van der Waals surface area (Å²) >= 11 is 0. The van der Waals surface area contributed by atoms with E-state index in [2.05, 4.69) is 13.8 Å². The van der Waals surface area contributed by atoms with Gasteiger partial charge in [0.25, 0.3) is 0 Å². The third-order valence-electron chi connectivity index (χ3n) is 2.12. The van der Waals surface area contributed by atoms with Crippen molar-refractivity contribution in [1.82, 2.24) is 4.90 Å². The number of rotatable bonds is 8. The monoisotopic (exact) mass is 217 g/mol. The quantitative estimate of drug-likeness (QED) is 0.586. The molecular formula is C10H20NO2P. The van der Waals surface area contributed by atoms with E-state index in [0.717, 1.165) is 38.8 Å². The molecule has 82 valence electrons. The molecule has 0 unspecified atom stereocenters. The fourth-order valence-corrected chi connectivity index (χ4v) is 1.52. The van der Waals surface area contributed by atoms with Gasteiger partial charge in [0.1, 0.15) is 6.16 Å². The topological polar surface area (TPSA) is 37.4 Å². The first kappa shape index (κ1) is 13.6. The molecule has 0 heterocycles. The Morgan fingerprint density at radius 3 is 2.00 bits per heavy atom. The van der Waals surface area contributed by atoms with Crippen LogP contribution in [0.4, 0.5) is 0 Å². The Hall–Kier alpha value is -0.430. The predicted molar refractivity (Wildman–Crippen MR) is 58.9 cm³/mol. The number of nitrogens with zero attached hydrogens (tertiary/aromatic N) is 1. The van der Waals surface area contributed by atoms with Gasteiger partial charge in [-0.15, -0.1) is 0 Å². The standard InChI is InChI=1S/C10H20NO2P/c1-3-5-7-11(8-6-4-2)10(12)9-14-13/h3-9H2,1-2H3. The number of unbranched alkanes of at least 4 members (excludes halogenated alkanes) is 2. The first-order valence-corrected chi connectivity index (χ1v) is 6.32. The second-order valence-electron chi connectivity index (χ2n) is 3.38. The molecule has 0 N–H and O–H groups in total.